The van der Waals surface area contributed by atoms with Gasteiger partial charge < -0.3 is 5.73 Å². The summed E-state index contributed by atoms with van der Waals surface area (Å²) in [4.78, 5) is 6.87. The van der Waals surface area contributed by atoms with Gasteiger partial charge in [0.25, 0.3) is 0 Å². The number of nitrogen functional groups attached to an aromatic ring is 1. The average molecular weight is 219 g/mol. The Kier molecular flexibility index (Phi) is 3.44. The Labute approximate surface area is 97.7 Å². The van der Waals surface area contributed by atoms with E-state index in [2.05, 4.69) is 23.7 Å². The van der Waals surface area contributed by atoms with Crippen LogP contribution in [0.2, 0.25) is 0 Å². The third kappa shape index (κ3) is 2.73. The van der Waals surface area contributed by atoms with Gasteiger partial charge >= 0.3 is 0 Å². The van der Waals surface area contributed by atoms with Gasteiger partial charge in [0.2, 0.25) is 0 Å². The molecule has 88 valence electrons. The lowest BCUT2D eigenvalue weighted by atomic mass is 9.93. The number of rotatable bonds is 2. The zero-order chi connectivity index (χ0) is 11.5. The van der Waals surface area contributed by atoms with Gasteiger partial charge in [0.05, 0.1) is 17.6 Å². The van der Waals surface area contributed by atoms with E-state index in [-0.39, 0.29) is 0 Å². The minimum absolute atomic E-state index is 0.670. The number of likely N-dealkylation sites (tertiary alicyclic amines) is 1. The molecule has 16 heavy (non-hydrogen) atoms. The molecule has 0 aliphatic carbocycles. The molecule has 0 spiro atoms. The SMILES string of the molecule is CC1CCN(Cc2ccc(N)cn2)C(C)C1. The number of nitrogens with zero attached hydrogens (tertiary/aromatic N) is 2. The molecule has 0 saturated carbocycles. The highest BCUT2D eigenvalue weighted by atomic mass is 15.2. The van der Waals surface area contributed by atoms with Crippen LogP contribution in [0.25, 0.3) is 0 Å². The smallest absolute Gasteiger partial charge is 0.0545 e. The van der Waals surface area contributed by atoms with Crippen molar-refractivity contribution in [3.05, 3.63) is 24.0 Å². The molecule has 2 heterocycles. The molecule has 1 fully saturated rings. The third-order valence-electron chi connectivity index (χ3n) is 3.49. The van der Waals surface area contributed by atoms with Crippen molar-refractivity contribution < 1.29 is 0 Å². The molecule has 0 amide bonds. The van der Waals surface area contributed by atoms with Crippen molar-refractivity contribution in [2.45, 2.75) is 39.3 Å². The molecule has 1 saturated heterocycles. The maximum Gasteiger partial charge on any atom is 0.0545 e. The summed E-state index contributed by atoms with van der Waals surface area (Å²) in [5.74, 6) is 0.866. The van der Waals surface area contributed by atoms with E-state index in [1.54, 1.807) is 6.20 Å². The maximum absolute atomic E-state index is 5.63. The van der Waals surface area contributed by atoms with Crippen LogP contribution in [0.3, 0.4) is 0 Å². The predicted octanol–water partition coefficient (Wildman–Crippen LogP) is 2.28. The normalized spacial score (nSPS) is 26.9. The zero-order valence-corrected chi connectivity index (χ0v) is 10.2. The van der Waals surface area contributed by atoms with Crippen molar-refractivity contribution in [3.8, 4) is 0 Å². The molecular formula is C13H21N3. The van der Waals surface area contributed by atoms with Crippen molar-refractivity contribution in [3.63, 3.8) is 0 Å². The Bertz CT molecular complexity index is 334. The molecule has 1 aromatic rings. The average Bonchev–Trinajstić information content (AvgIpc) is 2.25. The summed E-state index contributed by atoms with van der Waals surface area (Å²) in [6, 6.07) is 4.63. The van der Waals surface area contributed by atoms with Crippen LogP contribution in [0.4, 0.5) is 5.69 Å². The van der Waals surface area contributed by atoms with Crippen molar-refractivity contribution >= 4 is 5.69 Å². The van der Waals surface area contributed by atoms with Gasteiger partial charge in [0, 0.05) is 12.6 Å². The molecule has 1 aliphatic rings. The van der Waals surface area contributed by atoms with Crippen LogP contribution in [-0.2, 0) is 6.54 Å². The summed E-state index contributed by atoms with van der Waals surface area (Å²) in [5.41, 5.74) is 7.49. The lowest BCUT2D eigenvalue weighted by Gasteiger charge is -2.36. The molecule has 2 N–H and O–H groups in total. The van der Waals surface area contributed by atoms with Crippen molar-refractivity contribution in [1.82, 2.24) is 9.88 Å². The highest BCUT2D eigenvalue weighted by Crippen LogP contribution is 2.23. The minimum atomic E-state index is 0.670. The van der Waals surface area contributed by atoms with Gasteiger partial charge in [-0.25, -0.2) is 0 Å². The summed E-state index contributed by atoms with van der Waals surface area (Å²) in [7, 11) is 0. The number of hydrogen-bond donors (Lipinski definition) is 1. The quantitative estimate of drug-likeness (QED) is 0.829. The Morgan fingerprint density at radius 3 is 2.88 bits per heavy atom. The highest BCUT2D eigenvalue weighted by Gasteiger charge is 2.22. The molecule has 0 radical (unpaired) electrons. The molecule has 0 aromatic carbocycles. The topological polar surface area (TPSA) is 42.1 Å². The second-order valence-corrected chi connectivity index (χ2v) is 5.03. The summed E-state index contributed by atoms with van der Waals surface area (Å²) >= 11 is 0. The number of hydrogen-bond acceptors (Lipinski definition) is 3. The van der Waals surface area contributed by atoms with E-state index in [1.807, 2.05) is 12.1 Å². The maximum atomic E-state index is 5.63. The fourth-order valence-corrected chi connectivity index (χ4v) is 2.43. The van der Waals surface area contributed by atoms with E-state index in [0.717, 1.165) is 23.8 Å². The van der Waals surface area contributed by atoms with Gasteiger partial charge in [-0.05, 0) is 44.4 Å². The molecule has 2 atom stereocenters. The van der Waals surface area contributed by atoms with Crippen LogP contribution < -0.4 is 5.73 Å². The van der Waals surface area contributed by atoms with Crippen molar-refractivity contribution in [1.29, 1.82) is 0 Å². The van der Waals surface area contributed by atoms with Gasteiger partial charge in [-0.1, -0.05) is 6.92 Å². The Balaban J connectivity index is 1.96. The van der Waals surface area contributed by atoms with Gasteiger partial charge in [-0.15, -0.1) is 0 Å². The standard InChI is InChI=1S/C13H21N3/c1-10-5-6-16(11(2)7-10)9-13-4-3-12(14)8-15-13/h3-4,8,10-11H,5-7,9,14H2,1-2H3. The van der Waals surface area contributed by atoms with E-state index in [9.17, 15) is 0 Å². The van der Waals surface area contributed by atoms with Gasteiger partial charge in [-0.3, -0.25) is 9.88 Å². The monoisotopic (exact) mass is 219 g/mol. The summed E-state index contributed by atoms with van der Waals surface area (Å²) in [6.45, 7) is 6.80. The Hall–Kier alpha value is -1.09. The first-order valence-corrected chi connectivity index (χ1v) is 6.09. The van der Waals surface area contributed by atoms with E-state index in [1.165, 1.54) is 19.4 Å². The van der Waals surface area contributed by atoms with E-state index >= 15 is 0 Å². The first-order chi connectivity index (χ1) is 7.65. The van der Waals surface area contributed by atoms with Crippen LogP contribution in [-0.4, -0.2) is 22.5 Å². The number of anilines is 1. The second kappa shape index (κ2) is 4.83. The number of pyridine rings is 1. The van der Waals surface area contributed by atoms with E-state index in [0.29, 0.717) is 6.04 Å². The van der Waals surface area contributed by atoms with Crippen LogP contribution in [0.1, 0.15) is 32.4 Å². The fraction of sp³-hybridized carbons (Fsp3) is 0.615. The zero-order valence-electron chi connectivity index (χ0n) is 10.2. The molecular weight excluding hydrogens is 198 g/mol. The van der Waals surface area contributed by atoms with E-state index in [4.69, 9.17) is 5.73 Å². The fourth-order valence-electron chi connectivity index (χ4n) is 2.43. The van der Waals surface area contributed by atoms with Crippen LogP contribution in [0, 0.1) is 5.92 Å². The molecule has 0 bridgehead atoms. The number of nitrogens with two attached hydrogens (primary N) is 1. The molecule has 2 unspecified atom stereocenters. The lowest BCUT2D eigenvalue weighted by molar-refractivity contribution is 0.120. The van der Waals surface area contributed by atoms with Crippen molar-refractivity contribution in [2.24, 2.45) is 5.92 Å². The van der Waals surface area contributed by atoms with Crippen molar-refractivity contribution in [2.75, 3.05) is 12.3 Å². The van der Waals surface area contributed by atoms with Gasteiger partial charge in [0.15, 0.2) is 0 Å². The lowest BCUT2D eigenvalue weighted by Crippen LogP contribution is -2.39. The molecule has 3 nitrogen and oxygen atoms in total. The Morgan fingerprint density at radius 1 is 1.44 bits per heavy atom. The van der Waals surface area contributed by atoms with Crippen LogP contribution in [0.15, 0.2) is 18.3 Å². The molecule has 1 aliphatic heterocycles. The summed E-state index contributed by atoms with van der Waals surface area (Å²) in [5, 5.41) is 0. The minimum Gasteiger partial charge on any atom is -0.397 e. The van der Waals surface area contributed by atoms with Crippen LogP contribution >= 0.6 is 0 Å². The Morgan fingerprint density at radius 2 is 2.25 bits per heavy atom. The predicted molar refractivity (Wildman–Crippen MR) is 66.9 cm³/mol. The largest absolute Gasteiger partial charge is 0.397 e. The highest BCUT2D eigenvalue weighted by molar-refractivity contribution is 5.34. The summed E-state index contributed by atoms with van der Waals surface area (Å²) in [6.07, 6.45) is 4.35. The first-order valence-electron chi connectivity index (χ1n) is 6.09. The van der Waals surface area contributed by atoms with E-state index < -0.39 is 0 Å². The number of piperidine rings is 1. The second-order valence-electron chi connectivity index (χ2n) is 5.03. The van der Waals surface area contributed by atoms with Gasteiger partial charge in [-0.2, -0.15) is 0 Å². The molecule has 3 heteroatoms. The number of aromatic nitrogens is 1. The van der Waals surface area contributed by atoms with Gasteiger partial charge in [0.1, 0.15) is 0 Å². The summed E-state index contributed by atoms with van der Waals surface area (Å²) < 4.78 is 0. The molecule has 1 aromatic heterocycles. The van der Waals surface area contributed by atoms with Crippen LogP contribution in [0.5, 0.6) is 0 Å². The first kappa shape index (κ1) is 11.4. The molecule has 2 rings (SSSR count). The third-order valence-corrected chi connectivity index (χ3v) is 3.49.